The SMILES string of the molecule is CC1CCC(C(=O)O)=CS1. The Hall–Kier alpha value is -0.440. The molecule has 0 aliphatic carbocycles. The van der Waals surface area contributed by atoms with Crippen molar-refractivity contribution in [2.75, 3.05) is 0 Å². The van der Waals surface area contributed by atoms with Crippen molar-refractivity contribution < 1.29 is 9.90 Å². The predicted octanol–water partition coefficient (Wildman–Crippen LogP) is 1.87. The second kappa shape index (κ2) is 3.10. The first-order chi connectivity index (χ1) is 4.70. The van der Waals surface area contributed by atoms with E-state index in [4.69, 9.17) is 5.11 Å². The zero-order valence-corrected chi connectivity index (χ0v) is 6.65. The molecule has 0 aromatic heterocycles. The Bertz CT molecular complexity index is 174. The Morgan fingerprint density at radius 3 is 3.00 bits per heavy atom. The fraction of sp³-hybridized carbons (Fsp3) is 0.571. The summed E-state index contributed by atoms with van der Waals surface area (Å²) in [5, 5.41) is 10.9. The second-order valence-corrected chi connectivity index (χ2v) is 3.75. The molecule has 0 fully saturated rings. The van der Waals surface area contributed by atoms with Crippen LogP contribution in [-0.4, -0.2) is 16.3 Å². The quantitative estimate of drug-likeness (QED) is 0.633. The lowest BCUT2D eigenvalue weighted by atomic mass is 10.1. The molecule has 0 amide bonds. The van der Waals surface area contributed by atoms with Gasteiger partial charge >= 0.3 is 5.97 Å². The number of hydrogen-bond acceptors (Lipinski definition) is 2. The molecule has 2 nitrogen and oxygen atoms in total. The Labute approximate surface area is 64.3 Å². The van der Waals surface area contributed by atoms with E-state index in [1.54, 1.807) is 17.2 Å². The number of thioether (sulfide) groups is 1. The molecule has 1 atom stereocenters. The van der Waals surface area contributed by atoms with Crippen LogP contribution in [0, 0.1) is 0 Å². The van der Waals surface area contributed by atoms with Crippen molar-refractivity contribution in [3.05, 3.63) is 11.0 Å². The fourth-order valence-electron chi connectivity index (χ4n) is 0.841. The van der Waals surface area contributed by atoms with Crippen LogP contribution in [0.1, 0.15) is 19.8 Å². The van der Waals surface area contributed by atoms with Crippen molar-refractivity contribution in [2.45, 2.75) is 25.0 Å². The van der Waals surface area contributed by atoms with E-state index in [2.05, 4.69) is 6.92 Å². The third-order valence-electron chi connectivity index (χ3n) is 1.54. The molecule has 0 radical (unpaired) electrons. The van der Waals surface area contributed by atoms with Crippen LogP contribution in [0.5, 0.6) is 0 Å². The average molecular weight is 158 g/mol. The van der Waals surface area contributed by atoms with Crippen molar-refractivity contribution in [3.63, 3.8) is 0 Å². The zero-order valence-electron chi connectivity index (χ0n) is 5.83. The molecule has 10 heavy (non-hydrogen) atoms. The summed E-state index contributed by atoms with van der Waals surface area (Å²) in [6, 6.07) is 0. The van der Waals surface area contributed by atoms with E-state index in [0.717, 1.165) is 12.8 Å². The van der Waals surface area contributed by atoms with Gasteiger partial charge in [0.05, 0.1) is 0 Å². The molecule has 0 bridgehead atoms. The smallest absolute Gasteiger partial charge is 0.332 e. The van der Waals surface area contributed by atoms with Gasteiger partial charge in [-0.15, -0.1) is 11.8 Å². The summed E-state index contributed by atoms with van der Waals surface area (Å²) >= 11 is 1.61. The minimum Gasteiger partial charge on any atom is -0.478 e. The van der Waals surface area contributed by atoms with Crippen LogP contribution in [0.25, 0.3) is 0 Å². The lowest BCUT2D eigenvalue weighted by Crippen LogP contribution is -2.07. The zero-order chi connectivity index (χ0) is 7.56. The van der Waals surface area contributed by atoms with Crippen LogP contribution >= 0.6 is 11.8 Å². The maximum absolute atomic E-state index is 10.4. The minimum atomic E-state index is -0.764. The van der Waals surface area contributed by atoms with E-state index in [0.29, 0.717) is 10.8 Å². The summed E-state index contributed by atoms with van der Waals surface area (Å²) in [4.78, 5) is 10.4. The largest absolute Gasteiger partial charge is 0.478 e. The van der Waals surface area contributed by atoms with Crippen LogP contribution in [0.2, 0.25) is 0 Å². The third-order valence-corrected chi connectivity index (χ3v) is 2.66. The normalized spacial score (nSPS) is 25.7. The van der Waals surface area contributed by atoms with Crippen LogP contribution < -0.4 is 0 Å². The lowest BCUT2D eigenvalue weighted by molar-refractivity contribution is -0.132. The van der Waals surface area contributed by atoms with Gasteiger partial charge in [-0.2, -0.15) is 0 Å². The lowest BCUT2D eigenvalue weighted by Gasteiger charge is -2.14. The summed E-state index contributed by atoms with van der Waals surface area (Å²) < 4.78 is 0. The maximum atomic E-state index is 10.4. The molecule has 0 saturated heterocycles. The van der Waals surface area contributed by atoms with Crippen LogP contribution in [0.3, 0.4) is 0 Å². The van der Waals surface area contributed by atoms with Gasteiger partial charge in [0.25, 0.3) is 0 Å². The summed E-state index contributed by atoms with van der Waals surface area (Å²) in [7, 11) is 0. The van der Waals surface area contributed by atoms with Crippen LogP contribution in [-0.2, 0) is 4.79 Å². The topological polar surface area (TPSA) is 37.3 Å². The van der Waals surface area contributed by atoms with Gasteiger partial charge in [0.15, 0.2) is 0 Å². The first kappa shape index (κ1) is 7.66. The van der Waals surface area contributed by atoms with Gasteiger partial charge in [-0.05, 0) is 18.2 Å². The van der Waals surface area contributed by atoms with Gasteiger partial charge in [0.1, 0.15) is 0 Å². The number of rotatable bonds is 1. The minimum absolute atomic E-state index is 0.558. The molecule has 1 aliphatic heterocycles. The van der Waals surface area contributed by atoms with Crippen molar-refractivity contribution in [1.29, 1.82) is 0 Å². The Balaban J connectivity index is 2.56. The third kappa shape index (κ3) is 1.77. The van der Waals surface area contributed by atoms with Crippen molar-refractivity contribution >= 4 is 17.7 Å². The molecule has 0 aromatic carbocycles. The average Bonchev–Trinajstić information content (AvgIpc) is 1.88. The van der Waals surface area contributed by atoms with E-state index in [1.807, 2.05) is 0 Å². The predicted molar refractivity (Wildman–Crippen MR) is 42.0 cm³/mol. The van der Waals surface area contributed by atoms with Gasteiger partial charge < -0.3 is 5.11 Å². The Kier molecular flexibility index (Phi) is 2.38. The van der Waals surface area contributed by atoms with E-state index < -0.39 is 5.97 Å². The summed E-state index contributed by atoms with van der Waals surface area (Å²) in [5.74, 6) is -0.764. The first-order valence-corrected chi connectivity index (χ1v) is 4.22. The highest BCUT2D eigenvalue weighted by atomic mass is 32.2. The summed E-state index contributed by atoms with van der Waals surface area (Å²) in [6.45, 7) is 2.11. The molecular weight excluding hydrogens is 148 g/mol. The molecule has 1 aliphatic rings. The van der Waals surface area contributed by atoms with Gasteiger partial charge in [0.2, 0.25) is 0 Å². The molecule has 1 rings (SSSR count). The summed E-state index contributed by atoms with van der Waals surface area (Å²) in [6.07, 6.45) is 1.71. The molecule has 3 heteroatoms. The molecule has 56 valence electrons. The highest BCUT2D eigenvalue weighted by Gasteiger charge is 2.14. The van der Waals surface area contributed by atoms with Gasteiger partial charge in [-0.3, -0.25) is 0 Å². The standard InChI is InChI=1S/C7H10O2S/c1-5-2-3-6(4-10-5)7(8)9/h4-5H,2-3H2,1H3,(H,8,9). The van der Waals surface area contributed by atoms with Gasteiger partial charge in [-0.1, -0.05) is 6.92 Å². The van der Waals surface area contributed by atoms with Crippen LogP contribution in [0.15, 0.2) is 11.0 Å². The Morgan fingerprint density at radius 2 is 2.60 bits per heavy atom. The molecule has 0 saturated carbocycles. The number of hydrogen-bond donors (Lipinski definition) is 1. The maximum Gasteiger partial charge on any atom is 0.332 e. The summed E-state index contributed by atoms with van der Waals surface area (Å²) in [5.41, 5.74) is 0.558. The number of carbonyl (C=O) groups is 1. The fourth-order valence-corrected chi connectivity index (χ4v) is 1.71. The first-order valence-electron chi connectivity index (χ1n) is 3.28. The van der Waals surface area contributed by atoms with E-state index in [-0.39, 0.29) is 0 Å². The molecule has 1 unspecified atom stereocenters. The van der Waals surface area contributed by atoms with Crippen molar-refractivity contribution in [1.82, 2.24) is 0 Å². The molecule has 1 heterocycles. The molecule has 0 spiro atoms. The monoisotopic (exact) mass is 158 g/mol. The van der Waals surface area contributed by atoms with E-state index in [9.17, 15) is 4.79 Å². The number of carboxylic acid groups (broad SMARTS) is 1. The van der Waals surface area contributed by atoms with E-state index >= 15 is 0 Å². The number of aliphatic carboxylic acids is 1. The highest BCUT2D eigenvalue weighted by Crippen LogP contribution is 2.27. The van der Waals surface area contributed by atoms with Gasteiger partial charge in [-0.25, -0.2) is 4.79 Å². The van der Waals surface area contributed by atoms with Crippen molar-refractivity contribution in [2.24, 2.45) is 0 Å². The molecular formula is C7H10O2S. The highest BCUT2D eigenvalue weighted by molar-refractivity contribution is 8.02. The van der Waals surface area contributed by atoms with Crippen LogP contribution in [0.4, 0.5) is 0 Å². The second-order valence-electron chi connectivity index (χ2n) is 2.43. The van der Waals surface area contributed by atoms with Crippen molar-refractivity contribution in [3.8, 4) is 0 Å². The number of carboxylic acids is 1. The Morgan fingerprint density at radius 1 is 1.90 bits per heavy atom. The van der Waals surface area contributed by atoms with E-state index in [1.165, 1.54) is 0 Å². The van der Waals surface area contributed by atoms with Gasteiger partial charge in [0, 0.05) is 10.8 Å². The molecule has 1 N–H and O–H groups in total. The molecule has 0 aromatic rings.